The van der Waals surface area contributed by atoms with Crippen LogP contribution in [-0.4, -0.2) is 42.0 Å². The molecule has 0 saturated heterocycles. The van der Waals surface area contributed by atoms with E-state index < -0.39 is 0 Å². The molecule has 0 aromatic carbocycles. The number of nitrogens with zero attached hydrogens (tertiary/aromatic N) is 2. The van der Waals surface area contributed by atoms with Crippen molar-refractivity contribution in [1.29, 1.82) is 0 Å². The van der Waals surface area contributed by atoms with Crippen LogP contribution in [0.4, 0.5) is 5.69 Å². The van der Waals surface area contributed by atoms with Crippen molar-refractivity contribution in [2.75, 3.05) is 26.4 Å². The maximum Gasteiger partial charge on any atom is 0.270 e. The van der Waals surface area contributed by atoms with Crippen molar-refractivity contribution in [2.45, 2.75) is 24.8 Å². The van der Waals surface area contributed by atoms with E-state index in [0.717, 1.165) is 12.8 Å². The number of amides is 1. The van der Waals surface area contributed by atoms with Crippen LogP contribution in [0.1, 0.15) is 29.8 Å². The molecule has 1 aliphatic rings. The second-order valence-corrected chi connectivity index (χ2v) is 5.13. The Bertz CT molecular complexity index is 440. The van der Waals surface area contributed by atoms with E-state index in [0.29, 0.717) is 17.9 Å². The lowest BCUT2D eigenvalue weighted by Gasteiger charge is -2.47. The fourth-order valence-corrected chi connectivity index (χ4v) is 2.27. The average molecular weight is 248 g/mol. The lowest BCUT2D eigenvalue weighted by Crippen LogP contribution is -2.57. The molecule has 0 bridgehead atoms. The molecule has 18 heavy (non-hydrogen) atoms. The van der Waals surface area contributed by atoms with Gasteiger partial charge in [0.15, 0.2) is 0 Å². The van der Waals surface area contributed by atoms with Gasteiger partial charge in [0.1, 0.15) is 5.69 Å². The molecule has 1 aromatic rings. The Morgan fingerprint density at radius 2 is 2.28 bits per heavy atom. The van der Waals surface area contributed by atoms with E-state index in [9.17, 15) is 4.79 Å². The first-order chi connectivity index (χ1) is 8.53. The molecule has 1 fully saturated rings. The molecule has 1 saturated carbocycles. The van der Waals surface area contributed by atoms with Crippen LogP contribution in [0.2, 0.25) is 0 Å². The second kappa shape index (κ2) is 4.94. The third-order valence-electron chi connectivity index (χ3n) is 3.83. The summed E-state index contributed by atoms with van der Waals surface area (Å²) in [6.45, 7) is 0.662. The molecule has 5 nitrogen and oxygen atoms in total. The monoisotopic (exact) mass is 248 g/mol. The van der Waals surface area contributed by atoms with Gasteiger partial charge in [-0.3, -0.25) is 9.78 Å². The molecule has 3 N–H and O–H groups in total. The molecule has 1 aliphatic carbocycles. The highest BCUT2D eigenvalue weighted by Gasteiger charge is 2.39. The summed E-state index contributed by atoms with van der Waals surface area (Å²) in [6.07, 6.45) is 5.04. The number of carbonyl (C=O) groups excluding carboxylic acids is 1. The van der Waals surface area contributed by atoms with Gasteiger partial charge in [-0.05, 0) is 45.5 Å². The van der Waals surface area contributed by atoms with Gasteiger partial charge >= 0.3 is 0 Å². The van der Waals surface area contributed by atoms with E-state index >= 15 is 0 Å². The third kappa shape index (κ3) is 2.46. The Morgan fingerprint density at radius 1 is 1.56 bits per heavy atom. The zero-order valence-electron chi connectivity index (χ0n) is 10.9. The highest BCUT2D eigenvalue weighted by molar-refractivity contribution is 5.93. The number of hydrogen-bond acceptors (Lipinski definition) is 4. The first-order valence-corrected chi connectivity index (χ1v) is 6.21. The molecule has 2 rings (SSSR count). The maximum absolute atomic E-state index is 12.0. The molecular formula is C13H20N4O. The molecule has 0 spiro atoms. The van der Waals surface area contributed by atoms with Crippen LogP contribution in [0.15, 0.2) is 18.3 Å². The van der Waals surface area contributed by atoms with E-state index in [1.165, 1.54) is 6.42 Å². The smallest absolute Gasteiger partial charge is 0.270 e. The van der Waals surface area contributed by atoms with Crippen LogP contribution in [0.3, 0.4) is 0 Å². The summed E-state index contributed by atoms with van der Waals surface area (Å²) in [5, 5.41) is 2.95. The average Bonchev–Trinajstić information content (AvgIpc) is 2.26. The molecular weight excluding hydrogens is 228 g/mol. The van der Waals surface area contributed by atoms with Crippen molar-refractivity contribution in [2.24, 2.45) is 0 Å². The van der Waals surface area contributed by atoms with Gasteiger partial charge in [-0.2, -0.15) is 0 Å². The van der Waals surface area contributed by atoms with Crippen LogP contribution in [-0.2, 0) is 0 Å². The molecule has 0 radical (unpaired) electrons. The van der Waals surface area contributed by atoms with E-state index in [1.54, 1.807) is 18.3 Å². The minimum absolute atomic E-state index is 0.121. The highest BCUT2D eigenvalue weighted by atomic mass is 16.1. The van der Waals surface area contributed by atoms with Crippen molar-refractivity contribution >= 4 is 11.6 Å². The lowest BCUT2D eigenvalue weighted by atomic mass is 9.75. The first-order valence-electron chi connectivity index (χ1n) is 6.21. The number of nitrogens with two attached hydrogens (primary N) is 1. The number of nitrogens with one attached hydrogen (secondary N) is 1. The summed E-state index contributed by atoms with van der Waals surface area (Å²) in [4.78, 5) is 18.2. The van der Waals surface area contributed by atoms with Crippen molar-refractivity contribution in [1.82, 2.24) is 15.2 Å². The molecule has 0 unspecified atom stereocenters. The Kier molecular flexibility index (Phi) is 3.52. The fraction of sp³-hybridized carbons (Fsp3) is 0.538. The standard InChI is InChI=1S/C13H20N4O/c1-17(2)13(5-3-6-13)9-16-12(18)11-8-10(14)4-7-15-11/h4,7-8H,3,5-6,9H2,1-2H3,(H2,14,15)(H,16,18). The van der Waals surface area contributed by atoms with Crippen molar-refractivity contribution in [3.05, 3.63) is 24.0 Å². The number of aromatic nitrogens is 1. The van der Waals surface area contributed by atoms with E-state index in [4.69, 9.17) is 5.73 Å². The Balaban J connectivity index is 1.96. The lowest BCUT2D eigenvalue weighted by molar-refractivity contribution is 0.0556. The fourth-order valence-electron chi connectivity index (χ4n) is 2.27. The zero-order valence-corrected chi connectivity index (χ0v) is 10.9. The van der Waals surface area contributed by atoms with Gasteiger partial charge in [-0.15, -0.1) is 0 Å². The second-order valence-electron chi connectivity index (χ2n) is 5.13. The van der Waals surface area contributed by atoms with E-state index in [2.05, 4.69) is 29.3 Å². The predicted molar refractivity (Wildman–Crippen MR) is 71.3 cm³/mol. The normalized spacial score (nSPS) is 17.3. The van der Waals surface area contributed by atoms with Crippen molar-refractivity contribution in [3.63, 3.8) is 0 Å². The SMILES string of the molecule is CN(C)C1(CNC(=O)c2cc(N)ccn2)CCC1. The summed E-state index contributed by atoms with van der Waals surface area (Å²) >= 11 is 0. The van der Waals surface area contributed by atoms with Gasteiger partial charge < -0.3 is 16.0 Å². The Labute approximate surface area is 107 Å². The minimum atomic E-state index is -0.157. The van der Waals surface area contributed by atoms with Gasteiger partial charge in [-0.1, -0.05) is 0 Å². The number of carbonyl (C=O) groups is 1. The Morgan fingerprint density at radius 3 is 2.78 bits per heavy atom. The van der Waals surface area contributed by atoms with Crippen molar-refractivity contribution < 1.29 is 4.79 Å². The van der Waals surface area contributed by atoms with Crippen LogP contribution >= 0.6 is 0 Å². The highest BCUT2D eigenvalue weighted by Crippen LogP contribution is 2.35. The molecule has 98 valence electrons. The zero-order chi connectivity index (χ0) is 13.2. The van der Waals surface area contributed by atoms with Crippen LogP contribution in [0, 0.1) is 0 Å². The number of anilines is 1. The van der Waals surface area contributed by atoms with Gasteiger partial charge in [0.05, 0.1) is 0 Å². The van der Waals surface area contributed by atoms with Gasteiger partial charge in [0.25, 0.3) is 5.91 Å². The first kappa shape index (κ1) is 12.8. The van der Waals surface area contributed by atoms with Gasteiger partial charge in [-0.25, -0.2) is 0 Å². The number of nitrogen functional groups attached to an aromatic ring is 1. The molecule has 0 atom stereocenters. The third-order valence-corrected chi connectivity index (χ3v) is 3.83. The summed E-state index contributed by atoms with van der Waals surface area (Å²) in [5.74, 6) is -0.157. The van der Waals surface area contributed by atoms with Crippen LogP contribution in [0.5, 0.6) is 0 Å². The molecule has 1 aromatic heterocycles. The molecule has 5 heteroatoms. The predicted octanol–water partition coefficient (Wildman–Crippen LogP) is 0.878. The maximum atomic E-state index is 12.0. The minimum Gasteiger partial charge on any atom is -0.399 e. The number of likely N-dealkylation sites (N-methyl/N-ethyl adjacent to an activating group) is 1. The van der Waals surface area contributed by atoms with Crippen molar-refractivity contribution in [3.8, 4) is 0 Å². The van der Waals surface area contributed by atoms with Crippen LogP contribution < -0.4 is 11.1 Å². The van der Waals surface area contributed by atoms with Gasteiger partial charge in [0, 0.05) is 24.0 Å². The van der Waals surface area contributed by atoms with E-state index in [-0.39, 0.29) is 11.4 Å². The van der Waals surface area contributed by atoms with Crippen LogP contribution in [0.25, 0.3) is 0 Å². The number of pyridine rings is 1. The molecule has 1 heterocycles. The molecule has 1 amide bonds. The number of rotatable bonds is 4. The summed E-state index contributed by atoms with van der Waals surface area (Å²) in [7, 11) is 4.12. The summed E-state index contributed by atoms with van der Waals surface area (Å²) in [6, 6.07) is 3.27. The van der Waals surface area contributed by atoms with Gasteiger partial charge in [0.2, 0.25) is 0 Å². The summed E-state index contributed by atoms with van der Waals surface area (Å²) < 4.78 is 0. The van der Waals surface area contributed by atoms with E-state index in [1.807, 2.05) is 0 Å². The summed E-state index contributed by atoms with van der Waals surface area (Å²) in [5.41, 5.74) is 6.69. The molecule has 0 aliphatic heterocycles. The Hall–Kier alpha value is -1.62. The quantitative estimate of drug-likeness (QED) is 0.829. The largest absolute Gasteiger partial charge is 0.399 e. The topological polar surface area (TPSA) is 71.2 Å². The number of hydrogen-bond donors (Lipinski definition) is 2.